The molecule has 0 radical (unpaired) electrons. The van der Waals surface area contributed by atoms with Crippen LogP contribution in [0, 0.1) is 0 Å². The van der Waals surface area contributed by atoms with E-state index in [1.807, 2.05) is 36.2 Å². The van der Waals surface area contributed by atoms with Gasteiger partial charge >= 0.3 is 5.97 Å². The van der Waals surface area contributed by atoms with E-state index in [-0.39, 0.29) is 0 Å². The van der Waals surface area contributed by atoms with Gasteiger partial charge in [-0.25, -0.2) is 4.79 Å². The van der Waals surface area contributed by atoms with E-state index in [0.717, 1.165) is 17.5 Å². The SMILES string of the molecule is COc1ccc(N(C)CC=CC(=O)O)cc1. The van der Waals surface area contributed by atoms with E-state index in [1.165, 1.54) is 0 Å². The van der Waals surface area contributed by atoms with Crippen LogP contribution < -0.4 is 9.64 Å². The number of hydrogen-bond donors (Lipinski definition) is 1. The minimum absolute atomic E-state index is 0.554. The molecule has 0 aliphatic rings. The Morgan fingerprint density at radius 3 is 2.56 bits per heavy atom. The molecule has 4 heteroatoms. The molecule has 0 aliphatic heterocycles. The second-order valence-electron chi connectivity index (χ2n) is 3.32. The molecule has 4 nitrogen and oxygen atoms in total. The maximum atomic E-state index is 10.3. The largest absolute Gasteiger partial charge is 0.497 e. The Morgan fingerprint density at radius 2 is 2.06 bits per heavy atom. The average molecular weight is 221 g/mol. The van der Waals surface area contributed by atoms with Gasteiger partial charge in [0, 0.05) is 25.4 Å². The lowest BCUT2D eigenvalue weighted by Crippen LogP contribution is -2.16. The van der Waals surface area contributed by atoms with Crippen molar-refractivity contribution in [3.8, 4) is 5.75 Å². The molecule has 1 aromatic carbocycles. The summed E-state index contributed by atoms with van der Waals surface area (Å²) in [5.74, 6) is -0.124. The second kappa shape index (κ2) is 5.80. The van der Waals surface area contributed by atoms with E-state index in [4.69, 9.17) is 9.84 Å². The zero-order chi connectivity index (χ0) is 12.0. The van der Waals surface area contributed by atoms with Gasteiger partial charge in [-0.15, -0.1) is 0 Å². The summed E-state index contributed by atoms with van der Waals surface area (Å²) in [5, 5.41) is 8.44. The van der Waals surface area contributed by atoms with Crippen molar-refractivity contribution in [2.24, 2.45) is 0 Å². The van der Waals surface area contributed by atoms with Gasteiger partial charge in [-0.1, -0.05) is 6.08 Å². The molecule has 0 spiro atoms. The van der Waals surface area contributed by atoms with E-state index in [1.54, 1.807) is 13.2 Å². The first-order valence-electron chi connectivity index (χ1n) is 4.88. The summed E-state index contributed by atoms with van der Waals surface area (Å²) in [6.07, 6.45) is 2.74. The van der Waals surface area contributed by atoms with Gasteiger partial charge in [-0.3, -0.25) is 0 Å². The molecule has 0 unspecified atom stereocenters. The summed E-state index contributed by atoms with van der Waals surface area (Å²) in [6.45, 7) is 0.554. The lowest BCUT2D eigenvalue weighted by atomic mass is 10.3. The monoisotopic (exact) mass is 221 g/mol. The molecule has 1 aromatic rings. The minimum Gasteiger partial charge on any atom is -0.497 e. The molecule has 0 saturated heterocycles. The first-order chi connectivity index (χ1) is 7.63. The van der Waals surface area contributed by atoms with Gasteiger partial charge in [0.1, 0.15) is 5.75 Å². The van der Waals surface area contributed by atoms with Crippen molar-refractivity contribution >= 4 is 11.7 Å². The number of rotatable bonds is 5. The number of carbonyl (C=O) groups is 1. The van der Waals surface area contributed by atoms with Crippen molar-refractivity contribution in [3.63, 3.8) is 0 Å². The van der Waals surface area contributed by atoms with Crippen LogP contribution in [0.4, 0.5) is 5.69 Å². The molecule has 0 fully saturated rings. The van der Waals surface area contributed by atoms with Crippen LogP contribution in [0.1, 0.15) is 0 Å². The van der Waals surface area contributed by atoms with Gasteiger partial charge in [0.15, 0.2) is 0 Å². The molecule has 1 N–H and O–H groups in total. The van der Waals surface area contributed by atoms with E-state index in [2.05, 4.69) is 0 Å². The maximum Gasteiger partial charge on any atom is 0.328 e. The number of nitrogens with zero attached hydrogens (tertiary/aromatic N) is 1. The molecular weight excluding hydrogens is 206 g/mol. The van der Waals surface area contributed by atoms with Crippen LogP contribution in [0.25, 0.3) is 0 Å². The Bertz CT molecular complexity index is 370. The van der Waals surface area contributed by atoms with Crippen molar-refractivity contribution in [3.05, 3.63) is 36.4 Å². The van der Waals surface area contributed by atoms with Gasteiger partial charge in [0.05, 0.1) is 7.11 Å². The molecule has 0 aliphatic carbocycles. The number of aliphatic carboxylic acids is 1. The van der Waals surface area contributed by atoms with Crippen LogP contribution in [-0.4, -0.2) is 31.8 Å². The molecular formula is C12H15NO3. The van der Waals surface area contributed by atoms with E-state index in [9.17, 15) is 4.79 Å². The van der Waals surface area contributed by atoms with Gasteiger partial charge in [0.2, 0.25) is 0 Å². The number of likely N-dealkylation sites (N-methyl/N-ethyl adjacent to an activating group) is 1. The molecule has 0 aromatic heterocycles. The number of methoxy groups -OCH3 is 1. The Morgan fingerprint density at radius 1 is 1.44 bits per heavy atom. The number of anilines is 1. The lowest BCUT2D eigenvalue weighted by Gasteiger charge is -2.17. The van der Waals surface area contributed by atoms with Crippen LogP contribution in [-0.2, 0) is 4.79 Å². The number of carboxylic acid groups (broad SMARTS) is 1. The van der Waals surface area contributed by atoms with E-state index in [0.29, 0.717) is 6.54 Å². The van der Waals surface area contributed by atoms with Gasteiger partial charge in [0.25, 0.3) is 0 Å². The van der Waals surface area contributed by atoms with Crippen LogP contribution in [0.5, 0.6) is 5.75 Å². The Balaban J connectivity index is 2.58. The molecule has 0 atom stereocenters. The summed E-state index contributed by atoms with van der Waals surface area (Å²) >= 11 is 0. The van der Waals surface area contributed by atoms with Gasteiger partial charge in [-0.2, -0.15) is 0 Å². The molecule has 1 rings (SSSR count). The van der Waals surface area contributed by atoms with Crippen LogP contribution in [0.3, 0.4) is 0 Å². The Labute approximate surface area is 94.8 Å². The molecule has 0 bridgehead atoms. The standard InChI is InChI=1S/C12H15NO3/c1-13(9-3-4-12(14)15)10-5-7-11(16-2)8-6-10/h3-8H,9H2,1-2H3,(H,14,15). The van der Waals surface area contributed by atoms with Crippen LogP contribution in [0.15, 0.2) is 36.4 Å². The quantitative estimate of drug-likeness (QED) is 0.770. The predicted octanol–water partition coefficient (Wildman–Crippen LogP) is 1.77. The summed E-state index contributed by atoms with van der Waals surface area (Å²) in [5.41, 5.74) is 1.01. The highest BCUT2D eigenvalue weighted by atomic mass is 16.5. The highest BCUT2D eigenvalue weighted by Gasteiger charge is 1.98. The van der Waals surface area contributed by atoms with Crippen molar-refractivity contribution in [2.75, 3.05) is 25.6 Å². The lowest BCUT2D eigenvalue weighted by molar-refractivity contribution is -0.131. The van der Waals surface area contributed by atoms with E-state index >= 15 is 0 Å². The Kier molecular flexibility index (Phi) is 4.39. The van der Waals surface area contributed by atoms with E-state index < -0.39 is 5.97 Å². The minimum atomic E-state index is -0.928. The molecule has 86 valence electrons. The average Bonchev–Trinajstić information content (AvgIpc) is 2.28. The first kappa shape index (κ1) is 12.1. The fourth-order valence-corrected chi connectivity index (χ4v) is 1.25. The summed E-state index contributed by atoms with van der Waals surface area (Å²) in [7, 11) is 3.52. The number of hydrogen-bond acceptors (Lipinski definition) is 3. The zero-order valence-corrected chi connectivity index (χ0v) is 9.38. The van der Waals surface area contributed by atoms with Crippen molar-refractivity contribution in [2.45, 2.75) is 0 Å². The molecule has 0 saturated carbocycles. The predicted molar refractivity (Wildman–Crippen MR) is 63.0 cm³/mol. The topological polar surface area (TPSA) is 49.8 Å². The highest BCUT2D eigenvalue weighted by molar-refractivity contribution is 5.79. The van der Waals surface area contributed by atoms with Crippen molar-refractivity contribution < 1.29 is 14.6 Å². The number of benzene rings is 1. The number of ether oxygens (including phenoxy) is 1. The highest BCUT2D eigenvalue weighted by Crippen LogP contribution is 2.17. The van der Waals surface area contributed by atoms with Crippen molar-refractivity contribution in [1.29, 1.82) is 0 Å². The summed E-state index contributed by atoms with van der Waals surface area (Å²) in [6, 6.07) is 7.58. The summed E-state index contributed by atoms with van der Waals surface area (Å²) < 4.78 is 5.05. The number of carboxylic acids is 1. The molecule has 16 heavy (non-hydrogen) atoms. The Hall–Kier alpha value is -1.97. The molecule has 0 amide bonds. The molecule has 0 heterocycles. The maximum absolute atomic E-state index is 10.3. The van der Waals surface area contributed by atoms with Crippen molar-refractivity contribution in [1.82, 2.24) is 0 Å². The van der Waals surface area contributed by atoms with Gasteiger partial charge in [-0.05, 0) is 24.3 Å². The van der Waals surface area contributed by atoms with Crippen LogP contribution in [0.2, 0.25) is 0 Å². The second-order valence-corrected chi connectivity index (χ2v) is 3.32. The third-order valence-electron chi connectivity index (χ3n) is 2.15. The first-order valence-corrected chi connectivity index (χ1v) is 4.88. The fourth-order valence-electron chi connectivity index (χ4n) is 1.25. The normalized spacial score (nSPS) is 10.4. The zero-order valence-electron chi connectivity index (χ0n) is 9.38. The third-order valence-corrected chi connectivity index (χ3v) is 2.15. The smallest absolute Gasteiger partial charge is 0.328 e. The summed E-state index contributed by atoms with van der Waals surface area (Å²) in [4.78, 5) is 12.2. The fraction of sp³-hybridized carbons (Fsp3) is 0.250. The van der Waals surface area contributed by atoms with Crippen LogP contribution >= 0.6 is 0 Å². The third kappa shape index (κ3) is 3.65. The van der Waals surface area contributed by atoms with Gasteiger partial charge < -0.3 is 14.7 Å².